The largest absolute Gasteiger partial charge is 0.486 e. The first-order valence-corrected chi connectivity index (χ1v) is 10.2. The third kappa shape index (κ3) is 4.03. The van der Waals surface area contributed by atoms with Gasteiger partial charge in [-0.25, -0.2) is 0 Å². The third-order valence-electron chi connectivity index (χ3n) is 5.32. The lowest BCUT2D eigenvalue weighted by Crippen LogP contribution is -2.37. The molecule has 2 aliphatic rings. The van der Waals surface area contributed by atoms with E-state index in [0.717, 1.165) is 11.3 Å². The van der Waals surface area contributed by atoms with Crippen LogP contribution in [0.5, 0.6) is 11.5 Å². The molecule has 152 valence electrons. The minimum atomic E-state index is -0.377. The van der Waals surface area contributed by atoms with E-state index in [2.05, 4.69) is 0 Å². The lowest BCUT2D eigenvalue weighted by Gasteiger charge is -2.25. The lowest BCUT2D eigenvalue weighted by atomic mass is 10.1. The topological polar surface area (TPSA) is 59.1 Å². The SMILES string of the molecule is CCN(Cc1ccccc1Cl)C(=O)C1CC(=O)N(c2ccc3c(c2)OCCO3)C1. The van der Waals surface area contributed by atoms with E-state index in [1.807, 2.05) is 43.3 Å². The quantitative estimate of drug-likeness (QED) is 0.751. The van der Waals surface area contributed by atoms with E-state index in [1.54, 1.807) is 15.9 Å². The number of hydrogen-bond donors (Lipinski definition) is 0. The molecule has 0 saturated carbocycles. The van der Waals surface area contributed by atoms with E-state index in [-0.39, 0.29) is 24.2 Å². The highest BCUT2D eigenvalue weighted by Gasteiger charge is 2.37. The van der Waals surface area contributed by atoms with Crippen LogP contribution in [0.1, 0.15) is 18.9 Å². The summed E-state index contributed by atoms with van der Waals surface area (Å²) < 4.78 is 11.2. The van der Waals surface area contributed by atoms with Gasteiger partial charge in [0.15, 0.2) is 11.5 Å². The lowest BCUT2D eigenvalue weighted by molar-refractivity contribution is -0.136. The Hall–Kier alpha value is -2.73. The zero-order valence-corrected chi connectivity index (χ0v) is 17.0. The van der Waals surface area contributed by atoms with Crippen molar-refractivity contribution < 1.29 is 19.1 Å². The summed E-state index contributed by atoms with van der Waals surface area (Å²) in [5, 5.41) is 0.638. The van der Waals surface area contributed by atoms with Crippen molar-refractivity contribution in [3.05, 3.63) is 53.1 Å². The fraction of sp³-hybridized carbons (Fsp3) is 0.364. The molecule has 2 aliphatic heterocycles. The van der Waals surface area contributed by atoms with Gasteiger partial charge in [-0.2, -0.15) is 0 Å². The van der Waals surface area contributed by atoms with Crippen LogP contribution in [0.4, 0.5) is 5.69 Å². The Kier molecular flexibility index (Phi) is 5.62. The normalized spacial score (nSPS) is 18.1. The van der Waals surface area contributed by atoms with Crippen LogP contribution in [0.2, 0.25) is 5.02 Å². The summed E-state index contributed by atoms with van der Waals surface area (Å²) in [7, 11) is 0. The minimum absolute atomic E-state index is 0.0270. The molecular weight excluding hydrogens is 392 g/mol. The Balaban J connectivity index is 1.48. The van der Waals surface area contributed by atoms with Crippen LogP contribution in [0.25, 0.3) is 0 Å². The van der Waals surface area contributed by atoms with Crippen LogP contribution in [0, 0.1) is 5.92 Å². The highest BCUT2D eigenvalue weighted by atomic mass is 35.5. The maximum absolute atomic E-state index is 13.1. The number of benzene rings is 2. The van der Waals surface area contributed by atoms with Crippen molar-refractivity contribution in [1.82, 2.24) is 4.90 Å². The summed E-state index contributed by atoms with van der Waals surface area (Å²) >= 11 is 6.25. The summed E-state index contributed by atoms with van der Waals surface area (Å²) in [6.45, 7) is 4.28. The monoisotopic (exact) mass is 414 g/mol. The first-order chi connectivity index (χ1) is 14.1. The van der Waals surface area contributed by atoms with Crippen LogP contribution in [0.3, 0.4) is 0 Å². The molecule has 2 heterocycles. The Morgan fingerprint density at radius 2 is 1.93 bits per heavy atom. The van der Waals surface area contributed by atoms with Crippen LogP contribution >= 0.6 is 11.6 Å². The van der Waals surface area contributed by atoms with Crippen molar-refractivity contribution >= 4 is 29.1 Å². The van der Waals surface area contributed by atoms with E-state index >= 15 is 0 Å². The predicted molar refractivity (Wildman–Crippen MR) is 110 cm³/mol. The van der Waals surface area contributed by atoms with Gasteiger partial charge in [0.2, 0.25) is 11.8 Å². The molecule has 0 N–H and O–H groups in total. The molecule has 0 aliphatic carbocycles. The molecule has 1 saturated heterocycles. The van der Waals surface area contributed by atoms with Gasteiger partial charge in [-0.3, -0.25) is 9.59 Å². The van der Waals surface area contributed by atoms with Crippen molar-refractivity contribution in [2.45, 2.75) is 19.9 Å². The number of hydrogen-bond acceptors (Lipinski definition) is 4. The van der Waals surface area contributed by atoms with E-state index in [4.69, 9.17) is 21.1 Å². The van der Waals surface area contributed by atoms with Gasteiger partial charge in [0.25, 0.3) is 0 Å². The highest BCUT2D eigenvalue weighted by molar-refractivity contribution is 6.31. The molecule has 29 heavy (non-hydrogen) atoms. The molecule has 2 aromatic carbocycles. The number of rotatable bonds is 5. The van der Waals surface area contributed by atoms with Gasteiger partial charge in [-0.1, -0.05) is 29.8 Å². The van der Waals surface area contributed by atoms with E-state index in [9.17, 15) is 9.59 Å². The predicted octanol–water partition coefficient (Wildman–Crippen LogP) is 3.51. The number of fused-ring (bicyclic) bond motifs is 1. The Labute approximate surface area is 174 Å². The molecular formula is C22H23ClN2O4. The molecule has 1 fully saturated rings. The molecule has 1 unspecified atom stereocenters. The summed E-state index contributed by atoms with van der Waals surface area (Å²) in [6, 6.07) is 13.0. The van der Waals surface area contributed by atoms with Crippen LogP contribution in [-0.4, -0.2) is 43.0 Å². The third-order valence-corrected chi connectivity index (χ3v) is 5.69. The van der Waals surface area contributed by atoms with Crippen molar-refractivity contribution in [3.8, 4) is 11.5 Å². The second-order valence-electron chi connectivity index (χ2n) is 7.18. The highest BCUT2D eigenvalue weighted by Crippen LogP contribution is 2.36. The molecule has 0 aromatic heterocycles. The zero-order chi connectivity index (χ0) is 20.4. The smallest absolute Gasteiger partial charge is 0.228 e. The van der Waals surface area contributed by atoms with E-state index in [0.29, 0.717) is 49.4 Å². The zero-order valence-electron chi connectivity index (χ0n) is 16.3. The van der Waals surface area contributed by atoms with Crippen molar-refractivity contribution in [2.24, 2.45) is 5.92 Å². The number of amides is 2. The average molecular weight is 415 g/mol. The average Bonchev–Trinajstić information content (AvgIpc) is 3.14. The van der Waals surface area contributed by atoms with Crippen LogP contribution in [0.15, 0.2) is 42.5 Å². The molecule has 2 amide bonds. The minimum Gasteiger partial charge on any atom is -0.486 e. The molecule has 6 nitrogen and oxygen atoms in total. The fourth-order valence-electron chi connectivity index (χ4n) is 3.76. The summed E-state index contributed by atoms with van der Waals surface area (Å²) in [6.07, 6.45) is 0.201. The number of halogens is 1. The summed E-state index contributed by atoms with van der Waals surface area (Å²) in [5.74, 6) is 0.842. The number of carbonyl (C=O) groups is 2. The van der Waals surface area contributed by atoms with Crippen molar-refractivity contribution in [3.63, 3.8) is 0 Å². The number of anilines is 1. The summed E-state index contributed by atoms with van der Waals surface area (Å²) in [5.41, 5.74) is 1.63. The van der Waals surface area contributed by atoms with Gasteiger partial charge in [0, 0.05) is 42.8 Å². The van der Waals surface area contributed by atoms with Gasteiger partial charge >= 0.3 is 0 Å². The molecule has 0 radical (unpaired) electrons. The molecule has 7 heteroatoms. The van der Waals surface area contributed by atoms with E-state index < -0.39 is 0 Å². The first kappa shape index (κ1) is 19.6. The Morgan fingerprint density at radius 1 is 1.17 bits per heavy atom. The van der Waals surface area contributed by atoms with Gasteiger partial charge in [0.1, 0.15) is 13.2 Å². The van der Waals surface area contributed by atoms with Crippen LogP contribution in [-0.2, 0) is 16.1 Å². The molecule has 1 atom stereocenters. The van der Waals surface area contributed by atoms with Gasteiger partial charge in [-0.15, -0.1) is 0 Å². The fourth-order valence-corrected chi connectivity index (χ4v) is 3.95. The first-order valence-electron chi connectivity index (χ1n) is 9.79. The van der Waals surface area contributed by atoms with Gasteiger partial charge < -0.3 is 19.3 Å². The molecule has 4 rings (SSSR count). The van der Waals surface area contributed by atoms with Crippen molar-refractivity contribution in [2.75, 3.05) is 31.2 Å². The Morgan fingerprint density at radius 3 is 2.69 bits per heavy atom. The molecule has 2 aromatic rings. The maximum Gasteiger partial charge on any atom is 0.228 e. The second-order valence-corrected chi connectivity index (χ2v) is 7.58. The van der Waals surface area contributed by atoms with Crippen LogP contribution < -0.4 is 14.4 Å². The van der Waals surface area contributed by atoms with Gasteiger partial charge in [0.05, 0.1) is 5.92 Å². The number of ether oxygens (including phenoxy) is 2. The van der Waals surface area contributed by atoms with Gasteiger partial charge in [-0.05, 0) is 30.7 Å². The second kappa shape index (κ2) is 8.33. The maximum atomic E-state index is 13.1. The number of nitrogens with zero attached hydrogens (tertiary/aromatic N) is 2. The number of carbonyl (C=O) groups excluding carboxylic acids is 2. The van der Waals surface area contributed by atoms with Crippen molar-refractivity contribution in [1.29, 1.82) is 0 Å². The molecule has 0 spiro atoms. The Bertz CT molecular complexity index is 933. The van der Waals surface area contributed by atoms with E-state index in [1.165, 1.54) is 0 Å². The molecule has 0 bridgehead atoms. The standard InChI is InChI=1S/C22H23ClN2O4/c1-2-24(13-15-5-3-4-6-18(15)23)22(27)16-11-21(26)25(14-16)17-7-8-19-20(12-17)29-10-9-28-19/h3-8,12,16H,2,9-11,13-14H2,1H3. The summed E-state index contributed by atoms with van der Waals surface area (Å²) in [4.78, 5) is 29.2.